The average Bonchev–Trinajstić information content (AvgIpc) is 2.69. The van der Waals surface area contributed by atoms with Crippen molar-refractivity contribution in [1.82, 2.24) is 0 Å². The van der Waals surface area contributed by atoms with Crippen LogP contribution in [0.25, 0.3) is 0 Å². The van der Waals surface area contributed by atoms with Crippen LogP contribution >= 0.6 is 0 Å². The van der Waals surface area contributed by atoms with E-state index in [0.717, 1.165) is 18.4 Å². The summed E-state index contributed by atoms with van der Waals surface area (Å²) in [6.45, 7) is 0. The minimum atomic E-state index is -0.718. The SMILES string of the molecule is O=[N+]([O-])c1ccc(C2CCCC2)cc1F. The van der Waals surface area contributed by atoms with E-state index in [1.165, 1.54) is 25.0 Å². The molecule has 4 heteroatoms. The van der Waals surface area contributed by atoms with Gasteiger partial charge < -0.3 is 0 Å². The van der Waals surface area contributed by atoms with Crippen LogP contribution in [0.3, 0.4) is 0 Å². The number of halogens is 1. The molecule has 1 fully saturated rings. The molecule has 1 aromatic rings. The summed E-state index contributed by atoms with van der Waals surface area (Å²) in [5.74, 6) is -0.329. The predicted octanol–water partition coefficient (Wildman–Crippen LogP) is 3.39. The fourth-order valence-electron chi connectivity index (χ4n) is 2.18. The lowest BCUT2D eigenvalue weighted by Gasteiger charge is -2.08. The molecule has 1 aromatic carbocycles. The molecule has 0 bridgehead atoms. The highest BCUT2D eigenvalue weighted by Gasteiger charge is 2.20. The van der Waals surface area contributed by atoms with E-state index in [-0.39, 0.29) is 0 Å². The van der Waals surface area contributed by atoms with Crippen LogP contribution in [0.5, 0.6) is 0 Å². The smallest absolute Gasteiger partial charge is 0.258 e. The molecule has 2 rings (SSSR count). The zero-order valence-electron chi connectivity index (χ0n) is 8.28. The Bertz CT molecular complexity index is 386. The highest BCUT2D eigenvalue weighted by atomic mass is 19.1. The second-order valence-electron chi connectivity index (χ2n) is 3.95. The summed E-state index contributed by atoms with van der Waals surface area (Å²) in [7, 11) is 0. The van der Waals surface area contributed by atoms with Gasteiger partial charge in [0.05, 0.1) is 4.92 Å². The molecule has 0 radical (unpaired) electrons. The Balaban J connectivity index is 2.28. The molecule has 0 saturated heterocycles. The Kier molecular flexibility index (Phi) is 2.66. The van der Waals surface area contributed by atoms with Gasteiger partial charge in [-0.3, -0.25) is 10.1 Å². The third-order valence-electron chi connectivity index (χ3n) is 3.00. The maximum absolute atomic E-state index is 13.3. The lowest BCUT2D eigenvalue weighted by Crippen LogP contribution is -1.97. The quantitative estimate of drug-likeness (QED) is 0.553. The van der Waals surface area contributed by atoms with Gasteiger partial charge in [0.1, 0.15) is 0 Å². The Morgan fingerprint density at radius 1 is 1.33 bits per heavy atom. The molecule has 15 heavy (non-hydrogen) atoms. The second kappa shape index (κ2) is 3.96. The summed E-state index contributed by atoms with van der Waals surface area (Å²) in [5.41, 5.74) is 0.465. The summed E-state index contributed by atoms with van der Waals surface area (Å²) in [5, 5.41) is 10.4. The Morgan fingerprint density at radius 2 is 2.00 bits per heavy atom. The van der Waals surface area contributed by atoms with Crippen LogP contribution < -0.4 is 0 Å². The fraction of sp³-hybridized carbons (Fsp3) is 0.455. The van der Waals surface area contributed by atoms with Crippen LogP contribution in [-0.2, 0) is 0 Å². The van der Waals surface area contributed by atoms with E-state index in [2.05, 4.69) is 0 Å². The third kappa shape index (κ3) is 1.98. The van der Waals surface area contributed by atoms with Crippen molar-refractivity contribution < 1.29 is 9.31 Å². The first-order valence-electron chi connectivity index (χ1n) is 5.12. The van der Waals surface area contributed by atoms with E-state index in [0.29, 0.717) is 5.92 Å². The highest BCUT2D eigenvalue weighted by Crippen LogP contribution is 2.35. The van der Waals surface area contributed by atoms with Crippen molar-refractivity contribution in [1.29, 1.82) is 0 Å². The number of nitrogens with zero attached hydrogens (tertiary/aromatic N) is 1. The van der Waals surface area contributed by atoms with Crippen molar-refractivity contribution >= 4 is 5.69 Å². The molecule has 0 unspecified atom stereocenters. The number of nitro benzene ring substituents is 1. The van der Waals surface area contributed by atoms with E-state index >= 15 is 0 Å². The van der Waals surface area contributed by atoms with Crippen LogP contribution in [0.4, 0.5) is 10.1 Å². The molecule has 80 valence electrons. The minimum Gasteiger partial charge on any atom is -0.258 e. The van der Waals surface area contributed by atoms with Crippen LogP contribution in [0.1, 0.15) is 37.2 Å². The largest absolute Gasteiger partial charge is 0.304 e. The van der Waals surface area contributed by atoms with Crippen LogP contribution in [0, 0.1) is 15.9 Å². The Morgan fingerprint density at radius 3 is 2.53 bits per heavy atom. The van der Waals surface area contributed by atoms with Gasteiger partial charge in [-0.2, -0.15) is 4.39 Å². The van der Waals surface area contributed by atoms with Gasteiger partial charge in [0.2, 0.25) is 5.82 Å². The molecule has 1 aliphatic carbocycles. The van der Waals surface area contributed by atoms with Crippen molar-refractivity contribution in [2.75, 3.05) is 0 Å². The molecular weight excluding hydrogens is 197 g/mol. The van der Waals surface area contributed by atoms with E-state index in [4.69, 9.17) is 0 Å². The summed E-state index contributed by atoms with van der Waals surface area (Å²) in [6.07, 6.45) is 4.47. The Labute approximate surface area is 87.1 Å². The fourth-order valence-corrected chi connectivity index (χ4v) is 2.18. The summed E-state index contributed by atoms with van der Waals surface area (Å²) >= 11 is 0. The second-order valence-corrected chi connectivity index (χ2v) is 3.95. The molecule has 1 aliphatic rings. The first kappa shape index (κ1) is 10.1. The van der Waals surface area contributed by atoms with Crippen LogP contribution in [0.15, 0.2) is 18.2 Å². The highest BCUT2D eigenvalue weighted by molar-refractivity contribution is 5.36. The number of hydrogen-bond donors (Lipinski definition) is 0. The number of nitro groups is 1. The minimum absolute atomic E-state index is 0.389. The molecule has 0 heterocycles. The molecule has 0 spiro atoms. The monoisotopic (exact) mass is 209 g/mol. The van der Waals surface area contributed by atoms with Gasteiger partial charge >= 0.3 is 5.69 Å². The lowest BCUT2D eigenvalue weighted by atomic mass is 9.97. The molecule has 0 atom stereocenters. The van der Waals surface area contributed by atoms with Gasteiger partial charge in [-0.15, -0.1) is 0 Å². The first-order chi connectivity index (χ1) is 7.18. The third-order valence-corrected chi connectivity index (χ3v) is 3.00. The molecule has 0 amide bonds. The first-order valence-corrected chi connectivity index (χ1v) is 5.12. The van der Waals surface area contributed by atoms with E-state index < -0.39 is 16.4 Å². The van der Waals surface area contributed by atoms with Crippen LogP contribution in [0.2, 0.25) is 0 Å². The van der Waals surface area contributed by atoms with Gasteiger partial charge in [0.25, 0.3) is 0 Å². The average molecular weight is 209 g/mol. The van der Waals surface area contributed by atoms with Crippen molar-refractivity contribution in [3.63, 3.8) is 0 Å². The number of benzene rings is 1. The van der Waals surface area contributed by atoms with Crippen molar-refractivity contribution in [3.05, 3.63) is 39.7 Å². The van der Waals surface area contributed by atoms with Crippen molar-refractivity contribution in [2.24, 2.45) is 0 Å². The molecule has 3 nitrogen and oxygen atoms in total. The predicted molar refractivity (Wildman–Crippen MR) is 54.3 cm³/mol. The summed E-state index contributed by atoms with van der Waals surface area (Å²) < 4.78 is 13.3. The molecule has 0 N–H and O–H groups in total. The standard InChI is InChI=1S/C11H12FNO2/c12-10-7-9(8-3-1-2-4-8)5-6-11(10)13(14)15/h5-8H,1-4H2. The molecular formula is C11H12FNO2. The summed E-state index contributed by atoms with van der Waals surface area (Å²) in [6, 6.07) is 4.26. The van der Waals surface area contributed by atoms with E-state index in [1.807, 2.05) is 0 Å². The number of rotatable bonds is 2. The zero-order valence-corrected chi connectivity index (χ0v) is 8.28. The molecule has 0 aromatic heterocycles. The van der Waals surface area contributed by atoms with Crippen molar-refractivity contribution in [2.45, 2.75) is 31.6 Å². The van der Waals surface area contributed by atoms with Gasteiger partial charge in [-0.25, -0.2) is 0 Å². The summed E-state index contributed by atoms with van der Waals surface area (Å²) in [4.78, 5) is 9.73. The maximum atomic E-state index is 13.3. The zero-order chi connectivity index (χ0) is 10.8. The topological polar surface area (TPSA) is 43.1 Å². The van der Waals surface area contributed by atoms with Gasteiger partial charge in [-0.1, -0.05) is 18.9 Å². The lowest BCUT2D eigenvalue weighted by molar-refractivity contribution is -0.387. The van der Waals surface area contributed by atoms with Crippen molar-refractivity contribution in [3.8, 4) is 0 Å². The van der Waals surface area contributed by atoms with Gasteiger partial charge in [0.15, 0.2) is 0 Å². The van der Waals surface area contributed by atoms with E-state index in [1.54, 1.807) is 6.07 Å². The van der Waals surface area contributed by atoms with Crippen LogP contribution in [-0.4, -0.2) is 4.92 Å². The van der Waals surface area contributed by atoms with Gasteiger partial charge in [-0.05, 0) is 30.4 Å². The molecule has 1 saturated carbocycles. The van der Waals surface area contributed by atoms with Gasteiger partial charge in [0, 0.05) is 6.07 Å². The normalized spacial score (nSPS) is 16.9. The van der Waals surface area contributed by atoms with E-state index in [9.17, 15) is 14.5 Å². The Hall–Kier alpha value is -1.45. The molecule has 0 aliphatic heterocycles. The maximum Gasteiger partial charge on any atom is 0.304 e. The number of hydrogen-bond acceptors (Lipinski definition) is 2.